The number of carbonyl (C=O) groups excluding carboxylic acids is 1. The number of H-pyrrole nitrogens is 1. The molecule has 4 nitrogen and oxygen atoms in total. The van der Waals surface area contributed by atoms with Gasteiger partial charge in [0, 0.05) is 5.69 Å². The molecule has 0 unspecified atom stereocenters. The predicted octanol–water partition coefficient (Wildman–Crippen LogP) is 2.67. The van der Waals surface area contributed by atoms with Gasteiger partial charge in [0.25, 0.3) is 11.5 Å². The molecular weight excluding hydrogens is 288 g/mol. The first kappa shape index (κ1) is 14.2. The van der Waals surface area contributed by atoms with E-state index < -0.39 is 0 Å². The minimum atomic E-state index is -0.271. The van der Waals surface area contributed by atoms with Crippen molar-refractivity contribution in [3.63, 3.8) is 0 Å². The molecule has 1 amide bonds. The van der Waals surface area contributed by atoms with Crippen LogP contribution in [0.25, 0.3) is 0 Å². The van der Waals surface area contributed by atoms with Crippen molar-refractivity contribution in [2.24, 2.45) is 0 Å². The van der Waals surface area contributed by atoms with E-state index in [4.69, 9.17) is 0 Å². The lowest BCUT2D eigenvalue weighted by molar-refractivity contribution is 0.0931. The molecule has 2 aliphatic rings. The molecule has 23 heavy (non-hydrogen) atoms. The van der Waals surface area contributed by atoms with Crippen molar-refractivity contribution in [1.82, 2.24) is 10.3 Å². The Hall–Kier alpha value is -2.36. The molecule has 4 rings (SSSR count). The molecule has 0 radical (unpaired) electrons. The molecule has 2 aliphatic carbocycles. The molecule has 1 atom stereocenters. The lowest BCUT2D eigenvalue weighted by atomic mass is 9.87. The maximum atomic E-state index is 12.6. The summed E-state index contributed by atoms with van der Waals surface area (Å²) in [5.74, 6) is -0.261. The summed E-state index contributed by atoms with van der Waals surface area (Å²) in [6.07, 6.45) is 5.93. The van der Waals surface area contributed by atoms with E-state index in [1.807, 2.05) is 12.1 Å². The van der Waals surface area contributed by atoms with Crippen molar-refractivity contribution in [3.05, 3.63) is 68.6 Å². The van der Waals surface area contributed by atoms with E-state index in [1.165, 1.54) is 11.1 Å². The van der Waals surface area contributed by atoms with Crippen LogP contribution in [0.3, 0.4) is 0 Å². The highest BCUT2D eigenvalue weighted by Gasteiger charge is 2.24. The molecule has 0 bridgehead atoms. The fourth-order valence-corrected chi connectivity index (χ4v) is 3.82. The summed E-state index contributed by atoms with van der Waals surface area (Å²) in [5.41, 5.74) is 4.56. The molecule has 2 aromatic rings. The van der Waals surface area contributed by atoms with Crippen molar-refractivity contribution >= 4 is 5.91 Å². The van der Waals surface area contributed by atoms with Gasteiger partial charge < -0.3 is 10.3 Å². The summed E-state index contributed by atoms with van der Waals surface area (Å²) in [6, 6.07) is 10.0. The van der Waals surface area contributed by atoms with Gasteiger partial charge in [0.15, 0.2) is 0 Å². The first-order valence-electron chi connectivity index (χ1n) is 8.36. The van der Waals surface area contributed by atoms with Crippen LogP contribution in [0.5, 0.6) is 0 Å². The summed E-state index contributed by atoms with van der Waals surface area (Å²) in [5, 5.41) is 3.06. The lowest BCUT2D eigenvalue weighted by Crippen LogP contribution is -2.34. The van der Waals surface area contributed by atoms with Crippen LogP contribution in [0.15, 0.2) is 35.1 Å². The first-order valence-corrected chi connectivity index (χ1v) is 8.36. The Morgan fingerprint density at radius 3 is 2.83 bits per heavy atom. The fourth-order valence-electron chi connectivity index (χ4n) is 3.82. The number of aryl methyl sites for hydroxylation is 3. The third-order valence-corrected chi connectivity index (χ3v) is 5.01. The Bertz CT molecular complexity index is 822. The van der Waals surface area contributed by atoms with E-state index in [9.17, 15) is 9.59 Å². The van der Waals surface area contributed by atoms with Crippen LogP contribution in [-0.2, 0) is 19.3 Å². The third-order valence-electron chi connectivity index (χ3n) is 5.01. The zero-order chi connectivity index (χ0) is 15.8. The third kappa shape index (κ3) is 2.58. The van der Waals surface area contributed by atoms with Gasteiger partial charge in [-0.2, -0.15) is 0 Å². The van der Waals surface area contributed by atoms with Gasteiger partial charge in [-0.05, 0) is 61.3 Å². The number of amides is 1. The van der Waals surface area contributed by atoms with Gasteiger partial charge in [0.2, 0.25) is 0 Å². The number of pyridine rings is 1. The highest BCUT2D eigenvalue weighted by molar-refractivity contribution is 5.94. The number of rotatable bonds is 2. The van der Waals surface area contributed by atoms with Gasteiger partial charge in [-0.25, -0.2) is 0 Å². The van der Waals surface area contributed by atoms with Gasteiger partial charge >= 0.3 is 0 Å². The van der Waals surface area contributed by atoms with Crippen LogP contribution in [0.2, 0.25) is 0 Å². The Kier molecular flexibility index (Phi) is 3.52. The average molecular weight is 308 g/mol. The Balaban J connectivity index is 1.61. The molecule has 0 saturated carbocycles. The Morgan fingerprint density at radius 2 is 1.91 bits per heavy atom. The maximum Gasteiger partial charge on any atom is 0.261 e. The molecule has 0 spiro atoms. The highest BCUT2D eigenvalue weighted by atomic mass is 16.2. The van der Waals surface area contributed by atoms with Gasteiger partial charge in [-0.3, -0.25) is 9.59 Å². The number of benzene rings is 1. The minimum absolute atomic E-state index is 0.0000968. The summed E-state index contributed by atoms with van der Waals surface area (Å²) in [7, 11) is 0. The predicted molar refractivity (Wildman–Crippen MR) is 88.7 cm³/mol. The number of hydrogen-bond acceptors (Lipinski definition) is 2. The van der Waals surface area contributed by atoms with E-state index in [0.29, 0.717) is 0 Å². The first-order chi connectivity index (χ1) is 11.2. The average Bonchev–Trinajstić information content (AvgIpc) is 3.01. The van der Waals surface area contributed by atoms with E-state index >= 15 is 0 Å². The molecule has 1 heterocycles. The summed E-state index contributed by atoms with van der Waals surface area (Å²) < 4.78 is 0. The maximum absolute atomic E-state index is 12.6. The van der Waals surface area contributed by atoms with Crippen LogP contribution in [0.1, 0.15) is 58.0 Å². The SMILES string of the molecule is O=C(N[C@H]1CCCc2ccccc21)c1cc2c([nH]c1=O)CCC2. The zero-order valence-electron chi connectivity index (χ0n) is 13.0. The zero-order valence-corrected chi connectivity index (χ0v) is 13.0. The number of nitrogens with one attached hydrogen (secondary N) is 2. The van der Waals surface area contributed by atoms with Crippen LogP contribution >= 0.6 is 0 Å². The largest absolute Gasteiger partial charge is 0.345 e. The second-order valence-corrected chi connectivity index (χ2v) is 6.49. The van der Waals surface area contributed by atoms with Crippen LogP contribution in [-0.4, -0.2) is 10.9 Å². The summed E-state index contributed by atoms with van der Waals surface area (Å²) in [4.78, 5) is 27.7. The van der Waals surface area contributed by atoms with Crippen molar-refractivity contribution < 1.29 is 4.79 Å². The lowest BCUT2D eigenvalue weighted by Gasteiger charge is -2.26. The molecule has 0 fully saturated rings. The van der Waals surface area contributed by atoms with E-state index in [0.717, 1.165) is 49.8 Å². The summed E-state index contributed by atoms with van der Waals surface area (Å²) >= 11 is 0. The molecule has 1 aromatic heterocycles. The smallest absolute Gasteiger partial charge is 0.261 e. The van der Waals surface area contributed by atoms with E-state index in [-0.39, 0.29) is 23.1 Å². The molecule has 0 saturated heterocycles. The Labute approximate surface area is 134 Å². The number of carbonyl (C=O) groups is 1. The van der Waals surface area contributed by atoms with Crippen LogP contribution in [0.4, 0.5) is 0 Å². The van der Waals surface area contributed by atoms with Crippen LogP contribution < -0.4 is 10.9 Å². The van der Waals surface area contributed by atoms with Crippen molar-refractivity contribution in [2.45, 2.75) is 44.6 Å². The number of hydrogen-bond donors (Lipinski definition) is 2. The molecule has 0 aliphatic heterocycles. The highest BCUT2D eigenvalue weighted by Crippen LogP contribution is 2.29. The van der Waals surface area contributed by atoms with Gasteiger partial charge in [0.05, 0.1) is 6.04 Å². The molecular formula is C19H20N2O2. The van der Waals surface area contributed by atoms with Crippen molar-refractivity contribution in [1.29, 1.82) is 0 Å². The summed E-state index contributed by atoms with van der Waals surface area (Å²) in [6.45, 7) is 0. The van der Waals surface area contributed by atoms with E-state index in [1.54, 1.807) is 6.07 Å². The molecule has 4 heteroatoms. The van der Waals surface area contributed by atoms with Crippen molar-refractivity contribution in [3.8, 4) is 0 Å². The fraction of sp³-hybridized carbons (Fsp3) is 0.368. The number of aromatic nitrogens is 1. The van der Waals surface area contributed by atoms with Crippen LogP contribution in [0, 0.1) is 0 Å². The monoisotopic (exact) mass is 308 g/mol. The topological polar surface area (TPSA) is 62.0 Å². The molecule has 118 valence electrons. The second kappa shape index (κ2) is 5.69. The number of fused-ring (bicyclic) bond motifs is 2. The second-order valence-electron chi connectivity index (χ2n) is 6.49. The Morgan fingerprint density at radius 1 is 1.09 bits per heavy atom. The minimum Gasteiger partial charge on any atom is -0.345 e. The number of aromatic amines is 1. The van der Waals surface area contributed by atoms with Gasteiger partial charge in [-0.1, -0.05) is 24.3 Å². The van der Waals surface area contributed by atoms with Crippen molar-refractivity contribution in [2.75, 3.05) is 0 Å². The normalized spacial score (nSPS) is 19.0. The quantitative estimate of drug-likeness (QED) is 0.896. The van der Waals surface area contributed by atoms with Gasteiger partial charge in [0.1, 0.15) is 5.56 Å². The molecule has 2 N–H and O–H groups in total. The van der Waals surface area contributed by atoms with E-state index in [2.05, 4.69) is 22.4 Å². The molecule has 1 aromatic carbocycles. The standard InChI is InChI=1S/C19H20N2O2/c22-18-15(11-13-7-4-9-16(13)20-18)19(23)21-17-10-3-6-12-5-1-2-8-14(12)17/h1-2,5,8,11,17H,3-4,6-7,9-10H2,(H,20,22)(H,21,23)/t17-/m0/s1. The van der Waals surface area contributed by atoms with Gasteiger partial charge in [-0.15, -0.1) is 0 Å².